The second-order valence-corrected chi connectivity index (χ2v) is 7.47. The van der Waals surface area contributed by atoms with Gasteiger partial charge in [-0.25, -0.2) is 9.78 Å². The molecule has 3 aromatic carbocycles. The van der Waals surface area contributed by atoms with Gasteiger partial charge in [-0.3, -0.25) is 0 Å². The molecule has 0 atom stereocenters. The minimum atomic E-state index is -0.306. The highest BCUT2D eigenvalue weighted by atomic mass is 35.5. The molecular formula is C22H18Cl2N4O. The largest absolute Gasteiger partial charge is 0.324 e. The van der Waals surface area contributed by atoms with Crippen LogP contribution in [0.15, 0.2) is 66.7 Å². The van der Waals surface area contributed by atoms with Crippen molar-refractivity contribution in [2.45, 2.75) is 13.5 Å². The van der Waals surface area contributed by atoms with Gasteiger partial charge < -0.3 is 15.2 Å². The molecule has 0 saturated heterocycles. The Bertz CT molecular complexity index is 1190. The summed E-state index contributed by atoms with van der Waals surface area (Å²) in [6, 6.07) is 20.1. The SMILES string of the molecule is Cc1nc2ccc(NC(=O)Nc3ccccc3)cc2n1Cc1ccc(Cl)cc1Cl. The van der Waals surface area contributed by atoms with Crippen LogP contribution in [0.1, 0.15) is 11.4 Å². The van der Waals surface area contributed by atoms with Gasteiger partial charge >= 0.3 is 6.03 Å². The van der Waals surface area contributed by atoms with Crippen LogP contribution in [0.25, 0.3) is 11.0 Å². The van der Waals surface area contributed by atoms with E-state index in [0.29, 0.717) is 22.3 Å². The molecule has 0 spiro atoms. The minimum absolute atomic E-state index is 0.306. The van der Waals surface area contributed by atoms with Crippen LogP contribution in [0.4, 0.5) is 16.2 Å². The third kappa shape index (κ3) is 4.36. The second-order valence-electron chi connectivity index (χ2n) is 6.63. The number of nitrogens with zero attached hydrogens (tertiary/aromatic N) is 2. The summed E-state index contributed by atoms with van der Waals surface area (Å²) in [6.07, 6.45) is 0. The smallest absolute Gasteiger partial charge is 0.323 e. The monoisotopic (exact) mass is 424 g/mol. The lowest BCUT2D eigenvalue weighted by Crippen LogP contribution is -2.19. The maximum Gasteiger partial charge on any atom is 0.323 e. The molecular weight excluding hydrogens is 407 g/mol. The minimum Gasteiger partial charge on any atom is -0.324 e. The first-order valence-electron chi connectivity index (χ1n) is 9.03. The molecule has 0 saturated carbocycles. The van der Waals surface area contributed by atoms with E-state index in [0.717, 1.165) is 28.1 Å². The van der Waals surface area contributed by atoms with Crippen molar-refractivity contribution < 1.29 is 4.79 Å². The molecule has 0 aliphatic rings. The number of imidazole rings is 1. The van der Waals surface area contributed by atoms with Crippen molar-refractivity contribution in [1.29, 1.82) is 0 Å². The van der Waals surface area contributed by atoms with Crippen molar-refractivity contribution in [2.75, 3.05) is 10.6 Å². The standard InChI is InChI=1S/C22H18Cl2N4O/c1-14-25-20-10-9-18(27-22(29)26-17-5-3-2-4-6-17)12-21(20)28(14)13-15-7-8-16(23)11-19(15)24/h2-12H,13H2,1H3,(H2,26,27,29). The summed E-state index contributed by atoms with van der Waals surface area (Å²) in [7, 11) is 0. The van der Waals surface area contributed by atoms with Gasteiger partial charge in [-0.15, -0.1) is 0 Å². The predicted octanol–water partition coefficient (Wildman–Crippen LogP) is 6.34. The molecule has 1 heterocycles. The molecule has 4 rings (SSSR count). The number of fused-ring (bicyclic) bond motifs is 1. The molecule has 0 fully saturated rings. The Morgan fingerprint density at radius 2 is 1.72 bits per heavy atom. The number of benzene rings is 3. The van der Waals surface area contributed by atoms with Crippen LogP contribution in [0.2, 0.25) is 10.0 Å². The average molecular weight is 425 g/mol. The zero-order chi connectivity index (χ0) is 20.4. The number of rotatable bonds is 4. The van der Waals surface area contributed by atoms with Gasteiger partial charge in [-0.2, -0.15) is 0 Å². The number of carbonyl (C=O) groups excluding carboxylic acids is 1. The van der Waals surface area contributed by atoms with E-state index in [-0.39, 0.29) is 6.03 Å². The van der Waals surface area contributed by atoms with Crippen molar-refractivity contribution >= 4 is 51.6 Å². The fourth-order valence-electron chi connectivity index (χ4n) is 3.16. The van der Waals surface area contributed by atoms with Crippen LogP contribution in [0.3, 0.4) is 0 Å². The molecule has 0 radical (unpaired) electrons. The van der Waals surface area contributed by atoms with Gasteiger partial charge in [-0.1, -0.05) is 47.5 Å². The molecule has 5 nitrogen and oxygen atoms in total. The van der Waals surface area contributed by atoms with E-state index in [1.165, 1.54) is 0 Å². The Hall–Kier alpha value is -3.02. The number of nitrogens with one attached hydrogen (secondary N) is 2. The van der Waals surface area contributed by atoms with E-state index < -0.39 is 0 Å². The molecule has 146 valence electrons. The van der Waals surface area contributed by atoms with E-state index >= 15 is 0 Å². The zero-order valence-electron chi connectivity index (χ0n) is 15.6. The maximum atomic E-state index is 12.3. The molecule has 29 heavy (non-hydrogen) atoms. The number of hydrogen-bond donors (Lipinski definition) is 2. The van der Waals surface area contributed by atoms with Crippen LogP contribution in [-0.4, -0.2) is 15.6 Å². The normalized spacial score (nSPS) is 10.9. The highest BCUT2D eigenvalue weighted by Crippen LogP contribution is 2.26. The summed E-state index contributed by atoms with van der Waals surface area (Å²) < 4.78 is 2.06. The molecule has 0 unspecified atom stereocenters. The lowest BCUT2D eigenvalue weighted by Gasteiger charge is -2.11. The van der Waals surface area contributed by atoms with Crippen molar-refractivity contribution in [3.63, 3.8) is 0 Å². The molecule has 0 bridgehead atoms. The fraction of sp³-hybridized carbons (Fsp3) is 0.0909. The number of anilines is 2. The lowest BCUT2D eigenvalue weighted by atomic mass is 10.2. The Kier molecular flexibility index (Phi) is 5.43. The quantitative estimate of drug-likeness (QED) is 0.401. The number of amides is 2. The van der Waals surface area contributed by atoms with Crippen LogP contribution < -0.4 is 10.6 Å². The summed E-state index contributed by atoms with van der Waals surface area (Å²) >= 11 is 12.3. The highest BCUT2D eigenvalue weighted by Gasteiger charge is 2.12. The Balaban J connectivity index is 1.59. The summed E-state index contributed by atoms with van der Waals surface area (Å²) in [5.41, 5.74) is 4.10. The zero-order valence-corrected chi connectivity index (χ0v) is 17.1. The van der Waals surface area contributed by atoms with E-state index in [1.54, 1.807) is 6.07 Å². The third-order valence-electron chi connectivity index (χ3n) is 4.57. The number of aromatic nitrogens is 2. The lowest BCUT2D eigenvalue weighted by molar-refractivity contribution is 0.262. The Morgan fingerprint density at radius 3 is 2.48 bits per heavy atom. The topological polar surface area (TPSA) is 59.0 Å². The van der Waals surface area contributed by atoms with E-state index in [4.69, 9.17) is 23.2 Å². The fourth-order valence-corrected chi connectivity index (χ4v) is 3.62. The highest BCUT2D eigenvalue weighted by molar-refractivity contribution is 6.35. The molecule has 0 aliphatic heterocycles. The summed E-state index contributed by atoms with van der Waals surface area (Å²) in [5, 5.41) is 6.88. The molecule has 2 N–H and O–H groups in total. The number of aryl methyl sites for hydroxylation is 1. The van der Waals surface area contributed by atoms with E-state index in [9.17, 15) is 4.79 Å². The number of urea groups is 1. The number of hydrogen-bond acceptors (Lipinski definition) is 2. The number of para-hydroxylation sites is 1. The Morgan fingerprint density at radius 1 is 0.966 bits per heavy atom. The van der Waals surface area contributed by atoms with Gasteiger partial charge in [0.1, 0.15) is 5.82 Å². The van der Waals surface area contributed by atoms with Gasteiger partial charge in [0.2, 0.25) is 0 Å². The second kappa shape index (κ2) is 8.15. The predicted molar refractivity (Wildman–Crippen MR) is 119 cm³/mol. The maximum absolute atomic E-state index is 12.3. The molecule has 7 heteroatoms. The van der Waals surface area contributed by atoms with Gasteiger partial charge in [0.05, 0.1) is 17.6 Å². The molecule has 4 aromatic rings. The van der Waals surface area contributed by atoms with Crippen molar-refractivity contribution in [1.82, 2.24) is 9.55 Å². The van der Waals surface area contributed by atoms with E-state index in [2.05, 4.69) is 20.2 Å². The van der Waals surface area contributed by atoms with Gasteiger partial charge in [0, 0.05) is 21.4 Å². The van der Waals surface area contributed by atoms with Crippen LogP contribution in [0, 0.1) is 6.92 Å². The van der Waals surface area contributed by atoms with Gasteiger partial charge in [-0.05, 0) is 55.0 Å². The van der Waals surface area contributed by atoms with Gasteiger partial charge in [0.15, 0.2) is 0 Å². The van der Waals surface area contributed by atoms with Crippen molar-refractivity contribution in [3.05, 3.63) is 88.2 Å². The molecule has 1 aromatic heterocycles. The van der Waals surface area contributed by atoms with Crippen molar-refractivity contribution in [3.8, 4) is 0 Å². The number of halogens is 2. The first kappa shape index (κ1) is 19.3. The van der Waals surface area contributed by atoms with E-state index in [1.807, 2.05) is 67.6 Å². The summed E-state index contributed by atoms with van der Waals surface area (Å²) in [6.45, 7) is 2.50. The van der Waals surface area contributed by atoms with Crippen LogP contribution in [0.5, 0.6) is 0 Å². The first-order chi connectivity index (χ1) is 14.0. The third-order valence-corrected chi connectivity index (χ3v) is 5.16. The van der Waals surface area contributed by atoms with Crippen LogP contribution in [-0.2, 0) is 6.54 Å². The number of carbonyl (C=O) groups is 1. The molecule has 2 amide bonds. The summed E-state index contributed by atoms with van der Waals surface area (Å²) in [5.74, 6) is 0.858. The molecule has 0 aliphatic carbocycles. The van der Waals surface area contributed by atoms with Gasteiger partial charge in [0.25, 0.3) is 0 Å². The first-order valence-corrected chi connectivity index (χ1v) is 9.79. The van der Waals surface area contributed by atoms with Crippen molar-refractivity contribution in [2.24, 2.45) is 0 Å². The summed E-state index contributed by atoms with van der Waals surface area (Å²) in [4.78, 5) is 16.9. The van der Waals surface area contributed by atoms with Crippen LogP contribution >= 0.6 is 23.2 Å². The average Bonchev–Trinajstić information content (AvgIpc) is 2.99. The Labute approximate surface area is 178 Å².